The van der Waals surface area contributed by atoms with Crippen molar-refractivity contribution < 1.29 is 0 Å². The van der Waals surface area contributed by atoms with Gasteiger partial charge in [-0.2, -0.15) is 5.26 Å². The number of H-pyrrole nitrogens is 1. The minimum Gasteiger partial charge on any atom is -0.307 e. The molecular formula is C22H13N3O. The maximum atomic E-state index is 12.8. The average Bonchev–Trinajstić information content (AvgIpc) is 3.04. The van der Waals surface area contributed by atoms with Crippen LogP contribution in [0.5, 0.6) is 0 Å². The number of benzene rings is 3. The fraction of sp³-hybridized carbons (Fsp3) is 0. The molecule has 0 atom stereocenters. The van der Waals surface area contributed by atoms with Crippen molar-refractivity contribution in [1.82, 2.24) is 9.38 Å². The van der Waals surface area contributed by atoms with Gasteiger partial charge in [0.15, 0.2) is 0 Å². The zero-order valence-corrected chi connectivity index (χ0v) is 13.7. The number of nitriles is 1. The molecule has 0 radical (unpaired) electrons. The Morgan fingerprint density at radius 2 is 1.54 bits per heavy atom. The average molecular weight is 335 g/mol. The van der Waals surface area contributed by atoms with E-state index in [2.05, 4.69) is 11.1 Å². The van der Waals surface area contributed by atoms with Crippen LogP contribution in [0.4, 0.5) is 0 Å². The van der Waals surface area contributed by atoms with Gasteiger partial charge in [-0.15, -0.1) is 0 Å². The Balaban J connectivity index is 2.15. The van der Waals surface area contributed by atoms with Gasteiger partial charge in [-0.05, 0) is 18.2 Å². The van der Waals surface area contributed by atoms with Crippen LogP contribution in [0, 0.1) is 11.3 Å². The number of nitrogens with one attached hydrogen (secondary N) is 1. The molecule has 0 fully saturated rings. The summed E-state index contributed by atoms with van der Waals surface area (Å²) in [5.41, 5.74) is 4.60. The SMILES string of the molecule is N#Cc1ccccc1-c1c2ccccc2n2c(=O)[nH]c3ccccc3c12. The van der Waals surface area contributed by atoms with Crippen molar-refractivity contribution in [3.05, 3.63) is 88.8 Å². The highest BCUT2D eigenvalue weighted by Crippen LogP contribution is 2.38. The first-order chi connectivity index (χ1) is 12.8. The summed E-state index contributed by atoms with van der Waals surface area (Å²) in [6.07, 6.45) is 0. The van der Waals surface area contributed by atoms with E-state index in [-0.39, 0.29) is 5.69 Å². The van der Waals surface area contributed by atoms with Crippen LogP contribution in [-0.4, -0.2) is 9.38 Å². The summed E-state index contributed by atoms with van der Waals surface area (Å²) in [7, 11) is 0. The number of para-hydroxylation sites is 2. The van der Waals surface area contributed by atoms with Gasteiger partial charge < -0.3 is 4.98 Å². The van der Waals surface area contributed by atoms with E-state index in [1.165, 1.54) is 0 Å². The number of hydrogen-bond donors (Lipinski definition) is 1. The summed E-state index contributed by atoms with van der Waals surface area (Å²) in [6, 6.07) is 25.4. The van der Waals surface area contributed by atoms with Gasteiger partial charge in [-0.25, -0.2) is 4.79 Å². The number of nitrogens with zero attached hydrogens (tertiary/aromatic N) is 2. The fourth-order valence-electron chi connectivity index (χ4n) is 3.75. The van der Waals surface area contributed by atoms with Crippen LogP contribution in [0.1, 0.15) is 5.56 Å². The predicted octanol–water partition coefficient (Wildman–Crippen LogP) is 4.47. The molecule has 0 spiro atoms. The standard InChI is InChI=1S/C22H13N3O/c23-13-14-7-1-2-8-15(14)20-17-10-4-6-12-19(17)25-21(20)16-9-3-5-11-18(16)24-22(25)26/h1-12H,(H,24,26). The molecule has 122 valence electrons. The molecule has 0 amide bonds. The summed E-state index contributed by atoms with van der Waals surface area (Å²) in [4.78, 5) is 15.8. The van der Waals surface area contributed by atoms with Crippen molar-refractivity contribution in [2.24, 2.45) is 0 Å². The van der Waals surface area contributed by atoms with Gasteiger partial charge in [0.2, 0.25) is 0 Å². The third-order valence-electron chi connectivity index (χ3n) is 4.82. The topological polar surface area (TPSA) is 61.1 Å². The molecule has 0 bridgehead atoms. The maximum absolute atomic E-state index is 12.8. The van der Waals surface area contributed by atoms with Gasteiger partial charge in [0.05, 0.1) is 28.2 Å². The Bertz CT molecular complexity index is 1420. The molecule has 0 aliphatic carbocycles. The molecule has 0 aliphatic heterocycles. The number of rotatable bonds is 1. The second kappa shape index (κ2) is 5.33. The normalized spacial score (nSPS) is 11.2. The van der Waals surface area contributed by atoms with Crippen molar-refractivity contribution in [2.75, 3.05) is 0 Å². The van der Waals surface area contributed by atoms with Crippen LogP contribution in [0.25, 0.3) is 38.4 Å². The molecular weight excluding hydrogens is 322 g/mol. The monoisotopic (exact) mass is 335 g/mol. The van der Waals surface area contributed by atoms with Crippen LogP contribution in [0.3, 0.4) is 0 Å². The maximum Gasteiger partial charge on any atom is 0.331 e. The molecule has 0 unspecified atom stereocenters. The van der Waals surface area contributed by atoms with Gasteiger partial charge in [-0.3, -0.25) is 4.40 Å². The van der Waals surface area contributed by atoms with E-state index in [0.717, 1.165) is 38.4 Å². The third kappa shape index (κ3) is 1.86. The van der Waals surface area contributed by atoms with Gasteiger partial charge in [0.1, 0.15) is 0 Å². The minimum atomic E-state index is -0.185. The lowest BCUT2D eigenvalue weighted by molar-refractivity contribution is 1.07. The lowest BCUT2D eigenvalue weighted by atomic mass is 9.97. The van der Waals surface area contributed by atoms with Crippen molar-refractivity contribution >= 4 is 27.3 Å². The van der Waals surface area contributed by atoms with E-state index >= 15 is 0 Å². The lowest BCUT2D eigenvalue weighted by Crippen LogP contribution is -2.15. The molecule has 0 saturated heterocycles. The zero-order valence-electron chi connectivity index (χ0n) is 13.7. The van der Waals surface area contributed by atoms with E-state index in [1.54, 1.807) is 4.40 Å². The van der Waals surface area contributed by atoms with Crippen LogP contribution < -0.4 is 5.69 Å². The van der Waals surface area contributed by atoms with Gasteiger partial charge >= 0.3 is 5.69 Å². The largest absolute Gasteiger partial charge is 0.331 e. The Kier molecular flexibility index (Phi) is 2.97. The van der Waals surface area contributed by atoms with Crippen molar-refractivity contribution in [1.29, 1.82) is 5.26 Å². The summed E-state index contributed by atoms with van der Waals surface area (Å²) < 4.78 is 1.71. The summed E-state index contributed by atoms with van der Waals surface area (Å²) in [6.45, 7) is 0. The Hall–Kier alpha value is -3.84. The van der Waals surface area contributed by atoms with Crippen molar-refractivity contribution in [3.8, 4) is 17.2 Å². The fourth-order valence-corrected chi connectivity index (χ4v) is 3.75. The van der Waals surface area contributed by atoms with Crippen LogP contribution >= 0.6 is 0 Å². The third-order valence-corrected chi connectivity index (χ3v) is 4.82. The molecule has 0 aliphatic rings. The highest BCUT2D eigenvalue weighted by atomic mass is 16.1. The van der Waals surface area contributed by atoms with Gasteiger partial charge in [0.25, 0.3) is 0 Å². The second-order valence-corrected chi connectivity index (χ2v) is 6.21. The highest BCUT2D eigenvalue weighted by molar-refractivity contribution is 6.14. The zero-order chi connectivity index (χ0) is 17.7. The van der Waals surface area contributed by atoms with Crippen molar-refractivity contribution in [3.63, 3.8) is 0 Å². The summed E-state index contributed by atoms with van der Waals surface area (Å²) >= 11 is 0. The smallest absolute Gasteiger partial charge is 0.307 e. The molecule has 0 saturated carbocycles. The van der Waals surface area contributed by atoms with E-state index in [9.17, 15) is 10.1 Å². The van der Waals surface area contributed by atoms with Crippen LogP contribution in [0.15, 0.2) is 77.6 Å². The second-order valence-electron chi connectivity index (χ2n) is 6.21. The minimum absolute atomic E-state index is 0.185. The van der Waals surface area contributed by atoms with Gasteiger partial charge in [0, 0.05) is 21.9 Å². The molecule has 4 nitrogen and oxygen atoms in total. The first-order valence-corrected chi connectivity index (χ1v) is 8.33. The van der Waals surface area contributed by atoms with E-state index in [0.29, 0.717) is 5.56 Å². The molecule has 2 aromatic heterocycles. The molecule has 26 heavy (non-hydrogen) atoms. The molecule has 2 heterocycles. The summed E-state index contributed by atoms with van der Waals surface area (Å²) in [5.74, 6) is 0. The van der Waals surface area contributed by atoms with Gasteiger partial charge in [-0.1, -0.05) is 54.6 Å². The lowest BCUT2D eigenvalue weighted by Gasteiger charge is -2.07. The number of fused-ring (bicyclic) bond motifs is 5. The van der Waals surface area contributed by atoms with Crippen LogP contribution in [-0.2, 0) is 0 Å². The number of aromatic nitrogens is 2. The Morgan fingerprint density at radius 1 is 0.846 bits per heavy atom. The van der Waals surface area contributed by atoms with E-state index < -0.39 is 0 Å². The molecule has 5 aromatic rings. The molecule has 5 rings (SSSR count). The van der Waals surface area contributed by atoms with Crippen molar-refractivity contribution in [2.45, 2.75) is 0 Å². The summed E-state index contributed by atoms with van der Waals surface area (Å²) in [5, 5.41) is 11.5. The quantitative estimate of drug-likeness (QED) is 0.491. The Morgan fingerprint density at radius 3 is 2.38 bits per heavy atom. The number of hydrogen-bond acceptors (Lipinski definition) is 2. The molecule has 3 aromatic carbocycles. The Labute approximate surface area is 148 Å². The highest BCUT2D eigenvalue weighted by Gasteiger charge is 2.19. The first-order valence-electron chi connectivity index (χ1n) is 8.33. The predicted molar refractivity (Wildman–Crippen MR) is 103 cm³/mol. The van der Waals surface area contributed by atoms with E-state index in [1.807, 2.05) is 72.8 Å². The number of aromatic amines is 1. The first kappa shape index (κ1) is 14.5. The molecule has 1 N–H and O–H groups in total. The van der Waals surface area contributed by atoms with E-state index in [4.69, 9.17) is 0 Å². The molecule has 4 heteroatoms. The van der Waals surface area contributed by atoms with Crippen LogP contribution in [0.2, 0.25) is 0 Å².